The average Bonchev–Trinajstić information content (AvgIpc) is 2.92. The van der Waals surface area contributed by atoms with Crippen molar-refractivity contribution < 1.29 is 18.6 Å². The van der Waals surface area contributed by atoms with E-state index in [9.17, 15) is 9.36 Å². The predicted octanol–water partition coefficient (Wildman–Crippen LogP) is 6.67. The van der Waals surface area contributed by atoms with E-state index in [1.54, 1.807) is 36.4 Å². The number of hydrogen-bond acceptors (Lipinski definition) is 4. The molecule has 0 aliphatic heterocycles. The molecule has 0 heterocycles. The molecule has 0 saturated heterocycles. The number of hydrogen-bond donors (Lipinski definition) is 2. The Balaban J connectivity index is 1.61. The van der Waals surface area contributed by atoms with E-state index in [0.717, 1.165) is 11.1 Å². The van der Waals surface area contributed by atoms with Crippen LogP contribution in [0.2, 0.25) is 0 Å². The molecule has 2 atom stereocenters. The Labute approximate surface area is 205 Å². The Bertz CT molecular complexity index is 1240. The largest absolute Gasteiger partial charge is 0.445 e. The van der Waals surface area contributed by atoms with Crippen LogP contribution in [0.15, 0.2) is 121 Å². The van der Waals surface area contributed by atoms with Crippen molar-refractivity contribution in [3.63, 3.8) is 0 Å². The molecule has 0 radical (unpaired) electrons. The van der Waals surface area contributed by atoms with Gasteiger partial charge in [-0.05, 0) is 28.8 Å². The standard InChI is InChI=1S/C28H27N2O4P/c31-28(33-22-24-15-7-2-8-16-24)30-27(25-17-9-3-10-18-25)35(32,34-26-19-11-4-12-20-26)29-21-23-13-5-1-6-14-23/h1-20,27H,21-22H2,(H,29,32)(H,30,31)/t27-,35?/m1/s1. The van der Waals surface area contributed by atoms with Gasteiger partial charge in [0.25, 0.3) is 0 Å². The molecule has 6 nitrogen and oxygen atoms in total. The lowest BCUT2D eigenvalue weighted by molar-refractivity contribution is 0.138. The second kappa shape index (κ2) is 12.0. The van der Waals surface area contributed by atoms with Gasteiger partial charge >= 0.3 is 13.6 Å². The van der Waals surface area contributed by atoms with Gasteiger partial charge in [-0.3, -0.25) is 4.57 Å². The van der Waals surface area contributed by atoms with E-state index in [0.29, 0.717) is 11.3 Å². The molecule has 2 N–H and O–H groups in total. The highest BCUT2D eigenvalue weighted by atomic mass is 31.2. The summed E-state index contributed by atoms with van der Waals surface area (Å²) < 4.78 is 26.0. The first-order chi connectivity index (χ1) is 17.1. The van der Waals surface area contributed by atoms with Crippen molar-refractivity contribution in [2.45, 2.75) is 18.9 Å². The van der Waals surface area contributed by atoms with E-state index in [2.05, 4.69) is 10.4 Å². The Kier molecular flexibility index (Phi) is 8.34. The maximum absolute atomic E-state index is 14.5. The van der Waals surface area contributed by atoms with Gasteiger partial charge in [0.2, 0.25) is 0 Å². The number of carbonyl (C=O) groups is 1. The number of carbonyl (C=O) groups excluding carboxylic acids is 1. The number of amides is 1. The van der Waals surface area contributed by atoms with E-state index >= 15 is 0 Å². The highest BCUT2D eigenvalue weighted by Crippen LogP contribution is 2.55. The van der Waals surface area contributed by atoms with Gasteiger partial charge in [0.15, 0.2) is 5.78 Å². The summed E-state index contributed by atoms with van der Waals surface area (Å²) in [7, 11) is -3.75. The molecule has 0 bridgehead atoms. The molecule has 0 aliphatic carbocycles. The van der Waals surface area contributed by atoms with E-state index < -0.39 is 19.4 Å². The number of nitrogens with one attached hydrogen (secondary N) is 2. The van der Waals surface area contributed by atoms with Crippen LogP contribution in [0, 0.1) is 0 Å². The smallest absolute Gasteiger partial charge is 0.408 e. The first-order valence-electron chi connectivity index (χ1n) is 11.3. The monoisotopic (exact) mass is 486 g/mol. The molecular formula is C28H27N2O4P. The summed E-state index contributed by atoms with van der Waals surface area (Å²) in [6.45, 7) is 0.379. The number of alkyl carbamates (subject to hydrolysis) is 1. The molecule has 0 fully saturated rings. The van der Waals surface area contributed by atoms with Crippen molar-refractivity contribution in [3.05, 3.63) is 138 Å². The lowest BCUT2D eigenvalue weighted by Gasteiger charge is -2.29. The summed E-state index contributed by atoms with van der Waals surface area (Å²) >= 11 is 0. The van der Waals surface area contributed by atoms with Gasteiger partial charge in [0.05, 0.1) is 0 Å². The van der Waals surface area contributed by atoms with E-state index in [-0.39, 0.29) is 13.2 Å². The zero-order valence-corrected chi connectivity index (χ0v) is 20.0. The quantitative estimate of drug-likeness (QED) is 0.245. The zero-order valence-electron chi connectivity index (χ0n) is 19.1. The first-order valence-corrected chi connectivity index (χ1v) is 13.0. The van der Waals surface area contributed by atoms with Crippen molar-refractivity contribution in [3.8, 4) is 5.75 Å². The SMILES string of the molecule is O=C(N[C@@H](c1ccccc1)P(=O)(NCc1ccccc1)Oc1ccccc1)OCc1ccccc1. The van der Waals surface area contributed by atoms with E-state index in [4.69, 9.17) is 9.26 Å². The van der Waals surface area contributed by atoms with Crippen molar-refractivity contribution in [1.82, 2.24) is 10.4 Å². The molecule has 1 unspecified atom stereocenters. The zero-order chi connectivity index (χ0) is 24.3. The summed E-state index contributed by atoms with van der Waals surface area (Å²) in [4.78, 5) is 12.8. The van der Waals surface area contributed by atoms with Gasteiger partial charge in [-0.15, -0.1) is 0 Å². The fraction of sp³-hybridized carbons (Fsp3) is 0.107. The van der Waals surface area contributed by atoms with Crippen molar-refractivity contribution in [2.75, 3.05) is 0 Å². The van der Waals surface area contributed by atoms with Crippen LogP contribution in [-0.4, -0.2) is 6.09 Å². The second-order valence-corrected chi connectivity index (χ2v) is 10.1. The van der Waals surface area contributed by atoms with Gasteiger partial charge in [-0.1, -0.05) is 109 Å². The molecule has 0 aliphatic rings. The minimum atomic E-state index is -3.75. The van der Waals surface area contributed by atoms with Gasteiger partial charge in [0.1, 0.15) is 12.4 Å². The van der Waals surface area contributed by atoms with Crippen molar-refractivity contribution in [2.24, 2.45) is 0 Å². The third-order valence-corrected chi connectivity index (χ3v) is 7.44. The van der Waals surface area contributed by atoms with E-state index in [1.807, 2.05) is 84.9 Å². The lowest BCUT2D eigenvalue weighted by Crippen LogP contribution is -2.34. The Morgan fingerprint density at radius 2 is 1.23 bits per heavy atom. The Hall–Kier alpha value is -3.86. The molecule has 4 aromatic rings. The molecule has 7 heteroatoms. The third kappa shape index (κ3) is 7.06. The molecule has 35 heavy (non-hydrogen) atoms. The third-order valence-electron chi connectivity index (χ3n) is 5.25. The van der Waals surface area contributed by atoms with Crippen LogP contribution in [0.3, 0.4) is 0 Å². The minimum absolute atomic E-state index is 0.0927. The summed E-state index contributed by atoms with van der Waals surface area (Å²) in [6, 6.07) is 37.0. The van der Waals surface area contributed by atoms with Gasteiger partial charge in [0, 0.05) is 6.54 Å². The van der Waals surface area contributed by atoms with Gasteiger partial charge < -0.3 is 14.6 Å². The molecule has 0 aromatic heterocycles. The fourth-order valence-corrected chi connectivity index (χ4v) is 5.52. The minimum Gasteiger partial charge on any atom is -0.445 e. The van der Waals surface area contributed by atoms with Gasteiger partial charge in [-0.25, -0.2) is 9.88 Å². The van der Waals surface area contributed by atoms with Crippen LogP contribution < -0.4 is 14.9 Å². The van der Waals surface area contributed by atoms with Crippen LogP contribution in [0.4, 0.5) is 4.79 Å². The molecule has 0 saturated carbocycles. The van der Waals surface area contributed by atoms with Crippen LogP contribution in [0.25, 0.3) is 0 Å². The lowest BCUT2D eigenvalue weighted by atomic mass is 10.2. The molecule has 178 valence electrons. The predicted molar refractivity (Wildman–Crippen MR) is 137 cm³/mol. The maximum Gasteiger partial charge on any atom is 0.408 e. The topological polar surface area (TPSA) is 76.7 Å². The van der Waals surface area contributed by atoms with Crippen LogP contribution in [-0.2, 0) is 22.5 Å². The van der Waals surface area contributed by atoms with E-state index in [1.165, 1.54) is 0 Å². The molecule has 1 amide bonds. The first kappa shape index (κ1) is 24.3. The van der Waals surface area contributed by atoms with Crippen LogP contribution >= 0.6 is 7.52 Å². The van der Waals surface area contributed by atoms with Crippen molar-refractivity contribution in [1.29, 1.82) is 0 Å². The van der Waals surface area contributed by atoms with Crippen LogP contribution in [0.5, 0.6) is 5.75 Å². The number of ether oxygens (including phenoxy) is 1. The molecular weight excluding hydrogens is 459 g/mol. The second-order valence-electron chi connectivity index (χ2n) is 7.84. The van der Waals surface area contributed by atoms with Crippen LogP contribution in [0.1, 0.15) is 22.5 Å². The highest BCUT2D eigenvalue weighted by Gasteiger charge is 2.39. The summed E-state index contributed by atoms with van der Waals surface area (Å²) in [5.74, 6) is -0.562. The summed E-state index contributed by atoms with van der Waals surface area (Å²) in [6.07, 6.45) is -0.693. The van der Waals surface area contributed by atoms with Crippen molar-refractivity contribution >= 4 is 13.6 Å². The number of benzene rings is 4. The maximum atomic E-state index is 14.5. The Morgan fingerprint density at radius 1 is 0.714 bits per heavy atom. The molecule has 0 spiro atoms. The molecule has 4 rings (SSSR count). The molecule has 4 aromatic carbocycles. The summed E-state index contributed by atoms with van der Waals surface area (Å²) in [5.41, 5.74) is 2.41. The van der Waals surface area contributed by atoms with Gasteiger partial charge in [-0.2, -0.15) is 0 Å². The average molecular weight is 487 g/mol. The fourth-order valence-electron chi connectivity index (χ4n) is 3.49. The number of para-hydroxylation sites is 1. The number of rotatable bonds is 10. The summed E-state index contributed by atoms with van der Waals surface area (Å²) in [5, 5.41) is 5.89. The Morgan fingerprint density at radius 3 is 1.83 bits per heavy atom. The normalized spacial score (nSPS) is 13.3. The highest BCUT2D eigenvalue weighted by molar-refractivity contribution is 7.57.